The molecule has 3 rings (SSSR count). The molecule has 1 aliphatic carbocycles. The molecule has 1 aromatic heterocycles. The summed E-state index contributed by atoms with van der Waals surface area (Å²) in [5.41, 5.74) is -0.130. The van der Waals surface area contributed by atoms with Gasteiger partial charge in [-0.15, -0.1) is 0 Å². The van der Waals surface area contributed by atoms with E-state index < -0.39 is 14.9 Å². The molecule has 1 aromatic rings. The van der Waals surface area contributed by atoms with E-state index in [4.69, 9.17) is 0 Å². The van der Waals surface area contributed by atoms with Gasteiger partial charge in [0.2, 0.25) is 21.8 Å². The molecule has 2 heterocycles. The molecule has 144 valence electrons. The van der Waals surface area contributed by atoms with Crippen LogP contribution in [0.2, 0.25) is 0 Å². The Morgan fingerprint density at radius 2 is 1.77 bits per heavy atom. The normalized spacial score (nSPS) is 20.2. The number of anilines is 2. The summed E-state index contributed by atoms with van der Waals surface area (Å²) in [6, 6.07) is 0.239. The lowest BCUT2D eigenvalue weighted by Gasteiger charge is -2.30. The van der Waals surface area contributed by atoms with Crippen LogP contribution >= 0.6 is 0 Å². The predicted octanol–water partition coefficient (Wildman–Crippen LogP) is 1.58. The highest BCUT2D eigenvalue weighted by Gasteiger charge is 2.26. The zero-order valence-corrected chi connectivity index (χ0v) is 15.5. The summed E-state index contributed by atoms with van der Waals surface area (Å²) in [4.78, 5) is 19.1. The number of rotatable bonds is 6. The van der Waals surface area contributed by atoms with E-state index in [9.17, 15) is 18.5 Å². The van der Waals surface area contributed by atoms with Crippen LogP contribution in [-0.2, 0) is 10.0 Å². The summed E-state index contributed by atoms with van der Waals surface area (Å²) >= 11 is 0. The fraction of sp³-hybridized carbons (Fsp3) is 0.733. The van der Waals surface area contributed by atoms with Gasteiger partial charge in [0.1, 0.15) is 6.20 Å². The maximum atomic E-state index is 11.6. The van der Waals surface area contributed by atoms with Crippen molar-refractivity contribution in [1.29, 1.82) is 0 Å². The van der Waals surface area contributed by atoms with Crippen LogP contribution in [-0.4, -0.2) is 59.0 Å². The molecule has 0 bridgehead atoms. The first-order chi connectivity index (χ1) is 12.3. The zero-order valence-electron chi connectivity index (χ0n) is 14.7. The van der Waals surface area contributed by atoms with E-state index in [0.717, 1.165) is 25.7 Å². The molecule has 1 saturated carbocycles. The number of nitrogens with zero attached hydrogens (tertiary/aromatic N) is 4. The molecule has 0 aromatic carbocycles. The molecular formula is C15H24N6O4S. The maximum Gasteiger partial charge on any atom is 0.329 e. The van der Waals surface area contributed by atoms with Gasteiger partial charge in [-0.3, -0.25) is 10.1 Å². The van der Waals surface area contributed by atoms with Crippen molar-refractivity contribution in [3.8, 4) is 0 Å². The van der Waals surface area contributed by atoms with Crippen molar-refractivity contribution in [2.45, 2.75) is 50.6 Å². The van der Waals surface area contributed by atoms with Gasteiger partial charge in [-0.2, -0.15) is 4.98 Å². The number of hydrogen-bond donors (Lipinski definition) is 2. The highest BCUT2D eigenvalue weighted by atomic mass is 32.2. The third kappa shape index (κ3) is 4.58. The van der Waals surface area contributed by atoms with Gasteiger partial charge >= 0.3 is 5.69 Å². The van der Waals surface area contributed by atoms with Gasteiger partial charge in [-0.1, -0.05) is 12.8 Å². The van der Waals surface area contributed by atoms with Crippen LogP contribution in [0.25, 0.3) is 0 Å². The SMILES string of the molecule is CS(=O)(=O)N1CCC(Nc2ncc([N+](=O)[O-])c(NC3CCCC3)n2)CC1. The minimum atomic E-state index is -3.17. The van der Waals surface area contributed by atoms with Crippen molar-refractivity contribution in [3.05, 3.63) is 16.3 Å². The Balaban J connectivity index is 1.67. The van der Waals surface area contributed by atoms with Gasteiger partial charge in [0.15, 0.2) is 0 Å². The Bertz CT molecular complexity index is 757. The monoisotopic (exact) mass is 384 g/mol. The van der Waals surface area contributed by atoms with E-state index in [1.54, 1.807) is 0 Å². The molecule has 26 heavy (non-hydrogen) atoms. The number of sulfonamides is 1. The highest BCUT2D eigenvalue weighted by molar-refractivity contribution is 7.88. The molecule has 0 amide bonds. The summed E-state index contributed by atoms with van der Waals surface area (Å²) < 4.78 is 24.6. The molecule has 0 atom stereocenters. The van der Waals surface area contributed by atoms with Gasteiger partial charge < -0.3 is 10.6 Å². The quantitative estimate of drug-likeness (QED) is 0.558. The van der Waals surface area contributed by atoms with Crippen LogP contribution in [0.5, 0.6) is 0 Å². The van der Waals surface area contributed by atoms with Gasteiger partial charge in [-0.05, 0) is 25.7 Å². The average molecular weight is 384 g/mol. The standard InChI is InChI=1S/C15H24N6O4S/c1-26(24,25)20-8-6-12(7-9-20)18-15-16-10-13(21(22)23)14(19-15)17-11-4-2-3-5-11/h10-12H,2-9H2,1H3,(H2,16,17,18,19). The van der Waals surface area contributed by atoms with Gasteiger partial charge in [-0.25, -0.2) is 17.7 Å². The average Bonchev–Trinajstić information content (AvgIpc) is 3.07. The van der Waals surface area contributed by atoms with Crippen LogP contribution in [0.4, 0.5) is 17.5 Å². The minimum absolute atomic E-state index is 0.0359. The Kier molecular flexibility index (Phi) is 5.56. The van der Waals surface area contributed by atoms with Gasteiger partial charge in [0, 0.05) is 25.2 Å². The molecule has 2 fully saturated rings. The Morgan fingerprint density at radius 1 is 1.15 bits per heavy atom. The van der Waals surface area contributed by atoms with E-state index in [1.807, 2.05) is 0 Å². The predicted molar refractivity (Wildman–Crippen MR) is 97.6 cm³/mol. The first-order valence-corrected chi connectivity index (χ1v) is 10.7. The summed E-state index contributed by atoms with van der Waals surface area (Å²) in [6.07, 6.45) is 7.89. The Morgan fingerprint density at radius 3 is 2.35 bits per heavy atom. The molecule has 11 heteroatoms. The highest BCUT2D eigenvalue weighted by Crippen LogP contribution is 2.28. The zero-order chi connectivity index (χ0) is 18.7. The lowest BCUT2D eigenvalue weighted by molar-refractivity contribution is -0.384. The number of nitro groups is 1. The first kappa shape index (κ1) is 18.8. The van der Waals surface area contributed by atoms with Crippen LogP contribution in [0.1, 0.15) is 38.5 Å². The third-order valence-corrected chi connectivity index (χ3v) is 6.22. The fourth-order valence-electron chi connectivity index (χ4n) is 3.46. The fourth-order valence-corrected chi connectivity index (χ4v) is 4.34. The lowest BCUT2D eigenvalue weighted by atomic mass is 10.1. The van der Waals surface area contributed by atoms with Crippen molar-refractivity contribution in [3.63, 3.8) is 0 Å². The summed E-state index contributed by atoms with van der Waals surface area (Å²) in [7, 11) is -3.17. The molecule has 1 aliphatic heterocycles. The van der Waals surface area contributed by atoms with Gasteiger partial charge in [0.25, 0.3) is 0 Å². The molecule has 10 nitrogen and oxygen atoms in total. The van der Waals surface area contributed by atoms with Crippen LogP contribution in [0, 0.1) is 10.1 Å². The maximum absolute atomic E-state index is 11.6. The molecule has 0 unspecified atom stereocenters. The molecule has 2 N–H and O–H groups in total. The number of nitrogens with one attached hydrogen (secondary N) is 2. The summed E-state index contributed by atoms with van der Waals surface area (Å²) in [5, 5.41) is 17.6. The molecular weight excluding hydrogens is 360 g/mol. The van der Waals surface area contributed by atoms with E-state index >= 15 is 0 Å². The van der Waals surface area contributed by atoms with Crippen molar-refractivity contribution in [2.75, 3.05) is 30.0 Å². The van der Waals surface area contributed by atoms with E-state index in [1.165, 1.54) is 16.8 Å². The first-order valence-electron chi connectivity index (χ1n) is 8.82. The molecule has 0 radical (unpaired) electrons. The second-order valence-corrected chi connectivity index (χ2v) is 8.87. The van der Waals surface area contributed by atoms with Crippen molar-refractivity contribution < 1.29 is 13.3 Å². The van der Waals surface area contributed by atoms with Crippen LogP contribution in [0.3, 0.4) is 0 Å². The smallest absolute Gasteiger partial charge is 0.329 e. The molecule has 0 spiro atoms. The van der Waals surface area contributed by atoms with Crippen LogP contribution in [0.15, 0.2) is 6.20 Å². The van der Waals surface area contributed by atoms with Crippen molar-refractivity contribution >= 4 is 27.5 Å². The second-order valence-electron chi connectivity index (χ2n) is 6.89. The van der Waals surface area contributed by atoms with Gasteiger partial charge in [0.05, 0.1) is 11.2 Å². The van der Waals surface area contributed by atoms with Crippen molar-refractivity contribution in [1.82, 2.24) is 14.3 Å². The molecule has 2 aliphatic rings. The summed E-state index contributed by atoms with van der Waals surface area (Å²) in [6.45, 7) is 0.882. The lowest BCUT2D eigenvalue weighted by Crippen LogP contribution is -2.42. The number of hydrogen-bond acceptors (Lipinski definition) is 8. The van der Waals surface area contributed by atoms with Crippen LogP contribution < -0.4 is 10.6 Å². The number of aromatic nitrogens is 2. The largest absolute Gasteiger partial charge is 0.361 e. The topological polar surface area (TPSA) is 130 Å². The molecule has 1 saturated heterocycles. The second kappa shape index (κ2) is 7.70. The van der Waals surface area contributed by atoms with Crippen molar-refractivity contribution in [2.24, 2.45) is 0 Å². The summed E-state index contributed by atoms with van der Waals surface area (Å²) in [5.74, 6) is 0.571. The minimum Gasteiger partial charge on any atom is -0.361 e. The Hall–Kier alpha value is -2.01. The number of piperidine rings is 1. The van der Waals surface area contributed by atoms with E-state index in [2.05, 4.69) is 20.6 Å². The van der Waals surface area contributed by atoms with E-state index in [0.29, 0.717) is 31.9 Å². The van der Waals surface area contributed by atoms with E-state index in [-0.39, 0.29) is 23.6 Å². The third-order valence-electron chi connectivity index (χ3n) is 4.92. The Labute approximate surface area is 152 Å².